The molecule has 0 bridgehead atoms. The summed E-state index contributed by atoms with van der Waals surface area (Å²) in [6.07, 6.45) is 4.55. The van der Waals surface area contributed by atoms with Crippen molar-refractivity contribution >= 4 is 18.3 Å². The van der Waals surface area contributed by atoms with Crippen LogP contribution in [-0.4, -0.2) is 39.9 Å². The molecule has 1 unspecified atom stereocenters. The molecule has 0 radical (unpaired) electrons. The molecule has 0 aliphatic carbocycles. The molecule has 3 rings (SSSR count). The average Bonchev–Trinajstić information content (AvgIpc) is 2.89. The fraction of sp³-hybridized carbons (Fsp3) is 0.421. The molecule has 1 atom stereocenters. The van der Waals surface area contributed by atoms with Crippen LogP contribution in [0.3, 0.4) is 0 Å². The predicted octanol–water partition coefficient (Wildman–Crippen LogP) is 2.28. The molecule has 6 nitrogen and oxygen atoms in total. The molecular formula is C19H25ClN4O2. The van der Waals surface area contributed by atoms with Crippen molar-refractivity contribution in [3.63, 3.8) is 0 Å². The third-order valence-corrected chi connectivity index (χ3v) is 4.59. The van der Waals surface area contributed by atoms with Crippen LogP contribution in [0.15, 0.2) is 41.3 Å². The van der Waals surface area contributed by atoms with Gasteiger partial charge in [-0.1, -0.05) is 6.07 Å². The molecule has 1 amide bonds. The van der Waals surface area contributed by atoms with Crippen LogP contribution in [0.5, 0.6) is 0 Å². The summed E-state index contributed by atoms with van der Waals surface area (Å²) in [5.74, 6) is -0.223. The maximum atomic E-state index is 13.2. The number of aromatic nitrogens is 2. The third kappa shape index (κ3) is 4.93. The Morgan fingerprint density at radius 1 is 1.23 bits per heavy atom. The lowest BCUT2D eigenvalue weighted by molar-refractivity contribution is 0.0640. The molecule has 0 aromatic carbocycles. The van der Waals surface area contributed by atoms with Gasteiger partial charge in [0.15, 0.2) is 0 Å². The molecule has 0 saturated carbocycles. The number of rotatable bonds is 4. The van der Waals surface area contributed by atoms with Gasteiger partial charge < -0.3 is 15.2 Å². The van der Waals surface area contributed by atoms with Gasteiger partial charge in [0.25, 0.3) is 11.5 Å². The zero-order valence-electron chi connectivity index (χ0n) is 14.9. The maximum absolute atomic E-state index is 13.2. The summed E-state index contributed by atoms with van der Waals surface area (Å²) in [6.45, 7) is 4.06. The highest BCUT2D eigenvalue weighted by Gasteiger charge is 2.27. The van der Waals surface area contributed by atoms with Crippen LogP contribution in [0.25, 0.3) is 0 Å². The number of aromatic amines is 1. The first-order valence-corrected chi connectivity index (χ1v) is 8.76. The van der Waals surface area contributed by atoms with E-state index in [0.717, 1.165) is 43.7 Å². The van der Waals surface area contributed by atoms with Gasteiger partial charge in [-0.3, -0.25) is 14.6 Å². The van der Waals surface area contributed by atoms with Crippen LogP contribution in [0.4, 0.5) is 0 Å². The molecule has 0 spiro atoms. The summed E-state index contributed by atoms with van der Waals surface area (Å²) in [4.78, 5) is 34.3. The van der Waals surface area contributed by atoms with E-state index < -0.39 is 0 Å². The fourth-order valence-electron chi connectivity index (χ4n) is 3.24. The van der Waals surface area contributed by atoms with Crippen LogP contribution < -0.4 is 10.9 Å². The number of halogens is 1. The van der Waals surface area contributed by atoms with Gasteiger partial charge in [0, 0.05) is 17.9 Å². The molecule has 7 heteroatoms. The monoisotopic (exact) mass is 376 g/mol. The highest BCUT2D eigenvalue weighted by atomic mass is 35.5. The van der Waals surface area contributed by atoms with Crippen molar-refractivity contribution in [2.75, 3.05) is 13.1 Å². The second-order valence-electron chi connectivity index (χ2n) is 6.47. The molecule has 26 heavy (non-hydrogen) atoms. The van der Waals surface area contributed by atoms with Gasteiger partial charge in [0.05, 0.1) is 12.2 Å². The molecule has 1 fully saturated rings. The lowest BCUT2D eigenvalue weighted by Gasteiger charge is -2.31. The van der Waals surface area contributed by atoms with Gasteiger partial charge in [-0.2, -0.15) is 0 Å². The number of nitrogens with one attached hydrogen (secondary N) is 2. The van der Waals surface area contributed by atoms with E-state index in [4.69, 9.17) is 0 Å². The van der Waals surface area contributed by atoms with Crippen molar-refractivity contribution < 1.29 is 4.79 Å². The van der Waals surface area contributed by atoms with E-state index in [9.17, 15) is 9.59 Å². The summed E-state index contributed by atoms with van der Waals surface area (Å²) in [7, 11) is 0. The minimum Gasteiger partial charge on any atom is -0.330 e. The molecule has 1 saturated heterocycles. The highest BCUT2D eigenvalue weighted by Crippen LogP contribution is 2.18. The van der Waals surface area contributed by atoms with E-state index in [1.807, 2.05) is 23.1 Å². The largest absolute Gasteiger partial charge is 0.330 e. The van der Waals surface area contributed by atoms with Gasteiger partial charge in [0.1, 0.15) is 5.56 Å². The van der Waals surface area contributed by atoms with Crippen LogP contribution in [0, 0.1) is 6.92 Å². The van der Waals surface area contributed by atoms with Crippen molar-refractivity contribution in [3.8, 4) is 0 Å². The first-order chi connectivity index (χ1) is 12.1. The van der Waals surface area contributed by atoms with E-state index in [0.29, 0.717) is 6.54 Å². The Labute approximate surface area is 159 Å². The summed E-state index contributed by atoms with van der Waals surface area (Å²) >= 11 is 0. The van der Waals surface area contributed by atoms with E-state index in [-0.39, 0.29) is 35.5 Å². The van der Waals surface area contributed by atoms with Crippen LogP contribution in [-0.2, 0) is 6.54 Å². The number of nitrogens with zero attached hydrogens (tertiary/aromatic N) is 2. The van der Waals surface area contributed by atoms with Crippen LogP contribution >= 0.6 is 12.4 Å². The first kappa shape index (κ1) is 20.1. The number of hydrogen-bond donors (Lipinski definition) is 2. The Bertz CT molecular complexity index is 771. The SMILES string of the molecule is Cc1ccc(C(=O)N(Cc2ccccn2)C2CCCNCC2)c(=O)[nH]1.Cl. The number of H-pyrrole nitrogens is 1. The molecular weight excluding hydrogens is 352 g/mol. The summed E-state index contributed by atoms with van der Waals surface area (Å²) < 4.78 is 0. The first-order valence-electron chi connectivity index (χ1n) is 8.76. The zero-order valence-corrected chi connectivity index (χ0v) is 15.7. The molecule has 2 aromatic rings. The maximum Gasteiger partial charge on any atom is 0.260 e. The second-order valence-corrected chi connectivity index (χ2v) is 6.47. The van der Waals surface area contributed by atoms with Gasteiger partial charge in [-0.05, 0) is 63.5 Å². The number of carbonyl (C=O) groups excluding carboxylic acids is 1. The second kappa shape index (κ2) is 9.50. The smallest absolute Gasteiger partial charge is 0.260 e. The van der Waals surface area contributed by atoms with Gasteiger partial charge in [-0.15, -0.1) is 12.4 Å². The number of pyridine rings is 2. The predicted molar refractivity (Wildman–Crippen MR) is 104 cm³/mol. The molecule has 1 aliphatic rings. The minimum absolute atomic E-state index is 0. The Kier molecular flexibility index (Phi) is 7.36. The van der Waals surface area contributed by atoms with Crippen LogP contribution in [0.1, 0.15) is 41.0 Å². The van der Waals surface area contributed by atoms with Crippen LogP contribution in [0.2, 0.25) is 0 Å². The van der Waals surface area contributed by atoms with Crippen molar-refractivity contribution in [1.29, 1.82) is 0 Å². The Morgan fingerprint density at radius 2 is 2.08 bits per heavy atom. The van der Waals surface area contributed by atoms with Gasteiger partial charge in [-0.25, -0.2) is 0 Å². The van der Waals surface area contributed by atoms with Crippen molar-refractivity contribution in [1.82, 2.24) is 20.2 Å². The topological polar surface area (TPSA) is 78.1 Å². The summed E-state index contributed by atoms with van der Waals surface area (Å²) in [6, 6.07) is 9.17. The Balaban J connectivity index is 0.00000243. The van der Waals surface area contributed by atoms with Crippen molar-refractivity contribution in [2.45, 2.75) is 38.8 Å². The molecule has 3 heterocycles. The zero-order chi connectivity index (χ0) is 17.6. The van der Waals surface area contributed by atoms with Gasteiger partial charge in [0.2, 0.25) is 0 Å². The minimum atomic E-state index is -0.331. The molecule has 140 valence electrons. The number of aryl methyl sites for hydroxylation is 1. The normalized spacial score (nSPS) is 17.0. The lowest BCUT2D eigenvalue weighted by Crippen LogP contribution is -2.42. The van der Waals surface area contributed by atoms with Gasteiger partial charge >= 0.3 is 0 Å². The molecule has 2 N–H and O–H groups in total. The number of carbonyl (C=O) groups is 1. The average molecular weight is 377 g/mol. The van der Waals surface area contributed by atoms with E-state index in [1.54, 1.807) is 25.3 Å². The molecule has 2 aromatic heterocycles. The lowest BCUT2D eigenvalue weighted by atomic mass is 10.1. The van der Waals surface area contributed by atoms with E-state index >= 15 is 0 Å². The standard InChI is InChI=1S/C19H24N4O2.ClH/c1-14-7-8-17(18(24)22-14)19(25)23(13-15-5-2-3-11-21-15)16-6-4-10-20-12-9-16;/h2-3,5,7-8,11,16,20H,4,6,9-10,12-13H2,1H3,(H,22,24);1H. The van der Waals surface area contributed by atoms with E-state index in [1.165, 1.54) is 0 Å². The summed E-state index contributed by atoms with van der Waals surface area (Å²) in [5.41, 5.74) is 1.44. The molecule has 1 aliphatic heterocycles. The summed E-state index contributed by atoms with van der Waals surface area (Å²) in [5, 5.41) is 3.37. The third-order valence-electron chi connectivity index (χ3n) is 4.59. The number of hydrogen-bond acceptors (Lipinski definition) is 4. The Morgan fingerprint density at radius 3 is 2.81 bits per heavy atom. The fourth-order valence-corrected chi connectivity index (χ4v) is 3.24. The van der Waals surface area contributed by atoms with Crippen molar-refractivity contribution in [2.24, 2.45) is 0 Å². The number of amides is 1. The quantitative estimate of drug-likeness (QED) is 0.858. The van der Waals surface area contributed by atoms with Crippen molar-refractivity contribution in [3.05, 3.63) is 63.8 Å². The Hall–Kier alpha value is -2.18. The van der Waals surface area contributed by atoms with E-state index in [2.05, 4.69) is 15.3 Å². The highest BCUT2D eigenvalue weighted by molar-refractivity contribution is 5.94.